The van der Waals surface area contributed by atoms with E-state index < -0.39 is 10.0 Å². The molecule has 0 aliphatic carbocycles. The molecule has 0 fully saturated rings. The van der Waals surface area contributed by atoms with Gasteiger partial charge in [-0.3, -0.25) is 0 Å². The van der Waals surface area contributed by atoms with Crippen LogP contribution >= 0.6 is 0 Å². The molecule has 1 rings (SSSR count). The van der Waals surface area contributed by atoms with Gasteiger partial charge in [-0.15, -0.1) is 0 Å². The van der Waals surface area contributed by atoms with Crippen LogP contribution < -0.4 is 4.72 Å². The van der Waals surface area contributed by atoms with Gasteiger partial charge in [0.15, 0.2) is 0 Å². The maximum atomic E-state index is 11.9. The van der Waals surface area contributed by atoms with Gasteiger partial charge in [0.2, 0.25) is 10.0 Å². The Labute approximate surface area is 109 Å². The summed E-state index contributed by atoms with van der Waals surface area (Å²) in [6, 6.07) is 6.97. The molecule has 18 heavy (non-hydrogen) atoms. The van der Waals surface area contributed by atoms with Crippen molar-refractivity contribution in [1.82, 2.24) is 4.72 Å². The number of nitrogens with one attached hydrogen (secondary N) is 1. The van der Waals surface area contributed by atoms with Crippen LogP contribution in [0, 0.1) is 0 Å². The molecule has 0 spiro atoms. The first kappa shape index (κ1) is 15.1. The Bertz CT molecular complexity index is 472. The summed E-state index contributed by atoms with van der Waals surface area (Å²) in [5, 5.41) is 0. The van der Waals surface area contributed by atoms with E-state index in [9.17, 15) is 8.42 Å². The molecule has 1 aromatic carbocycles. The van der Waals surface area contributed by atoms with Gasteiger partial charge in [0.1, 0.15) is 0 Å². The summed E-state index contributed by atoms with van der Waals surface area (Å²) in [6.45, 7) is 6.91. The third-order valence-electron chi connectivity index (χ3n) is 2.63. The van der Waals surface area contributed by atoms with Gasteiger partial charge in [0.25, 0.3) is 0 Å². The van der Waals surface area contributed by atoms with Crippen molar-refractivity contribution in [2.45, 2.75) is 31.1 Å². The minimum atomic E-state index is -3.42. The highest BCUT2D eigenvalue weighted by molar-refractivity contribution is 7.89. The summed E-state index contributed by atoms with van der Waals surface area (Å²) in [6.07, 6.45) is 0. The summed E-state index contributed by atoms with van der Waals surface area (Å²) < 4.78 is 31.1. The maximum Gasteiger partial charge on any atom is 0.240 e. The normalized spacial score (nSPS) is 12.7. The summed E-state index contributed by atoms with van der Waals surface area (Å²) in [5.74, 6) is 0. The Morgan fingerprint density at radius 2 is 1.72 bits per heavy atom. The SMILES string of the molecule is COCCNS(=O)(=O)c1ccc(C(C)(C)C)cc1. The monoisotopic (exact) mass is 271 g/mol. The van der Waals surface area contributed by atoms with E-state index in [1.165, 1.54) is 7.11 Å². The fourth-order valence-electron chi connectivity index (χ4n) is 1.50. The molecular weight excluding hydrogens is 250 g/mol. The second kappa shape index (κ2) is 5.82. The Kier molecular flexibility index (Phi) is 4.90. The second-order valence-electron chi connectivity index (χ2n) is 5.16. The van der Waals surface area contributed by atoms with Crippen molar-refractivity contribution in [3.63, 3.8) is 0 Å². The van der Waals surface area contributed by atoms with Gasteiger partial charge >= 0.3 is 0 Å². The minimum absolute atomic E-state index is 0.0196. The molecular formula is C13H21NO3S. The van der Waals surface area contributed by atoms with Crippen molar-refractivity contribution < 1.29 is 13.2 Å². The van der Waals surface area contributed by atoms with E-state index in [2.05, 4.69) is 25.5 Å². The summed E-state index contributed by atoms with van der Waals surface area (Å²) in [4.78, 5) is 0.284. The maximum absolute atomic E-state index is 11.9. The van der Waals surface area contributed by atoms with E-state index in [4.69, 9.17) is 4.74 Å². The van der Waals surface area contributed by atoms with E-state index >= 15 is 0 Å². The molecule has 102 valence electrons. The van der Waals surface area contributed by atoms with Crippen LogP contribution in [0.1, 0.15) is 26.3 Å². The molecule has 0 radical (unpaired) electrons. The fraction of sp³-hybridized carbons (Fsp3) is 0.538. The van der Waals surface area contributed by atoms with Crippen LogP contribution in [0.15, 0.2) is 29.2 Å². The third-order valence-corrected chi connectivity index (χ3v) is 4.11. The number of methoxy groups -OCH3 is 1. The number of rotatable bonds is 5. The Morgan fingerprint density at radius 3 is 2.17 bits per heavy atom. The molecule has 0 heterocycles. The molecule has 5 heteroatoms. The van der Waals surface area contributed by atoms with Crippen molar-refractivity contribution in [3.05, 3.63) is 29.8 Å². The van der Waals surface area contributed by atoms with E-state index in [1.807, 2.05) is 12.1 Å². The zero-order valence-corrected chi connectivity index (χ0v) is 12.2. The number of benzene rings is 1. The highest BCUT2D eigenvalue weighted by Gasteiger charge is 2.16. The smallest absolute Gasteiger partial charge is 0.240 e. The molecule has 0 saturated heterocycles. The number of sulfonamides is 1. The van der Waals surface area contributed by atoms with Crippen molar-refractivity contribution >= 4 is 10.0 Å². The quantitative estimate of drug-likeness (QED) is 0.832. The van der Waals surface area contributed by atoms with Gasteiger partial charge in [-0.2, -0.15) is 0 Å². The average Bonchev–Trinajstić information content (AvgIpc) is 2.28. The lowest BCUT2D eigenvalue weighted by molar-refractivity contribution is 0.204. The zero-order chi connectivity index (χ0) is 13.8. The van der Waals surface area contributed by atoms with Gasteiger partial charge < -0.3 is 4.74 Å². The van der Waals surface area contributed by atoms with E-state index in [1.54, 1.807) is 12.1 Å². The Balaban J connectivity index is 2.85. The topological polar surface area (TPSA) is 55.4 Å². The molecule has 1 N–H and O–H groups in total. The van der Waals surface area contributed by atoms with Crippen LogP contribution in [0.3, 0.4) is 0 Å². The first-order valence-electron chi connectivity index (χ1n) is 5.86. The predicted octanol–water partition coefficient (Wildman–Crippen LogP) is 1.91. The van der Waals surface area contributed by atoms with Gasteiger partial charge in [0.05, 0.1) is 11.5 Å². The molecule has 0 unspecified atom stereocenters. The molecule has 0 aromatic heterocycles. The molecule has 0 atom stereocenters. The van der Waals surface area contributed by atoms with Gasteiger partial charge in [0, 0.05) is 13.7 Å². The second-order valence-corrected chi connectivity index (χ2v) is 6.93. The standard InChI is InChI=1S/C13H21NO3S/c1-13(2,3)11-5-7-12(8-6-11)18(15,16)14-9-10-17-4/h5-8,14H,9-10H2,1-4H3. The van der Waals surface area contributed by atoms with Crippen LogP contribution in [0.4, 0.5) is 0 Å². The van der Waals surface area contributed by atoms with Gasteiger partial charge in [-0.05, 0) is 23.1 Å². The molecule has 0 amide bonds. The van der Waals surface area contributed by atoms with Gasteiger partial charge in [-0.25, -0.2) is 13.1 Å². The highest BCUT2D eigenvalue weighted by atomic mass is 32.2. The largest absolute Gasteiger partial charge is 0.383 e. The number of hydrogen-bond donors (Lipinski definition) is 1. The lowest BCUT2D eigenvalue weighted by atomic mass is 9.87. The highest BCUT2D eigenvalue weighted by Crippen LogP contribution is 2.23. The van der Waals surface area contributed by atoms with E-state index in [0.29, 0.717) is 6.61 Å². The lowest BCUT2D eigenvalue weighted by Crippen LogP contribution is -2.27. The van der Waals surface area contributed by atoms with Crippen molar-refractivity contribution in [1.29, 1.82) is 0 Å². The lowest BCUT2D eigenvalue weighted by Gasteiger charge is -2.19. The first-order chi connectivity index (χ1) is 8.27. The van der Waals surface area contributed by atoms with Crippen LogP contribution in [0.25, 0.3) is 0 Å². The van der Waals surface area contributed by atoms with E-state index in [0.717, 1.165) is 5.56 Å². The molecule has 0 aliphatic heterocycles. The predicted molar refractivity (Wildman–Crippen MR) is 72.2 cm³/mol. The first-order valence-corrected chi connectivity index (χ1v) is 7.35. The molecule has 0 saturated carbocycles. The molecule has 0 aliphatic rings. The zero-order valence-electron chi connectivity index (χ0n) is 11.4. The summed E-state index contributed by atoms with van der Waals surface area (Å²) >= 11 is 0. The Morgan fingerprint density at radius 1 is 1.17 bits per heavy atom. The molecule has 0 bridgehead atoms. The van der Waals surface area contributed by atoms with Crippen LogP contribution in [-0.2, 0) is 20.2 Å². The number of hydrogen-bond acceptors (Lipinski definition) is 3. The van der Waals surface area contributed by atoms with E-state index in [-0.39, 0.29) is 16.9 Å². The van der Waals surface area contributed by atoms with Crippen LogP contribution in [0.2, 0.25) is 0 Å². The summed E-state index contributed by atoms with van der Waals surface area (Å²) in [7, 11) is -1.89. The van der Waals surface area contributed by atoms with Crippen molar-refractivity contribution in [2.24, 2.45) is 0 Å². The van der Waals surface area contributed by atoms with Gasteiger partial charge in [-0.1, -0.05) is 32.9 Å². The van der Waals surface area contributed by atoms with Crippen LogP contribution in [0.5, 0.6) is 0 Å². The fourth-order valence-corrected chi connectivity index (χ4v) is 2.51. The summed E-state index contributed by atoms with van der Waals surface area (Å²) in [5.41, 5.74) is 1.13. The molecule has 1 aromatic rings. The number of ether oxygens (including phenoxy) is 1. The average molecular weight is 271 g/mol. The van der Waals surface area contributed by atoms with Crippen molar-refractivity contribution in [3.8, 4) is 0 Å². The van der Waals surface area contributed by atoms with Crippen LogP contribution in [-0.4, -0.2) is 28.7 Å². The molecule has 4 nitrogen and oxygen atoms in total. The van der Waals surface area contributed by atoms with Crippen molar-refractivity contribution in [2.75, 3.05) is 20.3 Å². The minimum Gasteiger partial charge on any atom is -0.383 e. The third kappa shape index (κ3) is 4.08. The Hall–Kier alpha value is -0.910.